The molecule has 0 N–H and O–H groups in total. The summed E-state index contributed by atoms with van der Waals surface area (Å²) < 4.78 is 59.2. The summed E-state index contributed by atoms with van der Waals surface area (Å²) in [6, 6.07) is 2.88. The number of hydrogen-bond donors (Lipinski definition) is 0. The summed E-state index contributed by atoms with van der Waals surface area (Å²) in [7, 11) is 0. The molecule has 1 aliphatic carbocycles. The molecule has 0 amide bonds. The van der Waals surface area contributed by atoms with Crippen molar-refractivity contribution in [3.05, 3.63) is 23.5 Å². The van der Waals surface area contributed by atoms with Crippen LogP contribution in [0.25, 0.3) is 0 Å². The van der Waals surface area contributed by atoms with Gasteiger partial charge in [-0.15, -0.1) is 13.2 Å². The van der Waals surface area contributed by atoms with Crippen LogP contribution in [0.4, 0.5) is 17.6 Å². The molecular formula is C17H17F4NO3. The van der Waals surface area contributed by atoms with E-state index >= 15 is 0 Å². The second kappa shape index (κ2) is 7.72. The molecule has 0 aliphatic heterocycles. The molecule has 4 nitrogen and oxygen atoms in total. The summed E-state index contributed by atoms with van der Waals surface area (Å²) in [6.45, 7) is 2.08. The molecule has 1 aromatic carbocycles. The Bertz CT molecular complexity index is 674. The second-order valence-corrected chi connectivity index (χ2v) is 5.99. The van der Waals surface area contributed by atoms with Gasteiger partial charge < -0.3 is 9.47 Å². The third-order valence-corrected chi connectivity index (χ3v) is 4.33. The van der Waals surface area contributed by atoms with Crippen LogP contribution in [0.2, 0.25) is 0 Å². The lowest BCUT2D eigenvalue weighted by Gasteiger charge is -2.26. The van der Waals surface area contributed by atoms with Crippen LogP contribution >= 0.6 is 0 Å². The summed E-state index contributed by atoms with van der Waals surface area (Å²) >= 11 is 0. The Balaban J connectivity index is 2.11. The van der Waals surface area contributed by atoms with Gasteiger partial charge in [-0.25, -0.2) is 4.39 Å². The molecule has 0 spiro atoms. The average molecular weight is 359 g/mol. The van der Waals surface area contributed by atoms with E-state index in [4.69, 9.17) is 10.00 Å². The van der Waals surface area contributed by atoms with Crippen molar-refractivity contribution in [1.82, 2.24) is 0 Å². The molecule has 0 unspecified atom stereocenters. The van der Waals surface area contributed by atoms with Gasteiger partial charge in [0.2, 0.25) is 0 Å². The smallest absolute Gasteiger partial charge is 0.426 e. The first-order valence-electron chi connectivity index (χ1n) is 7.94. The monoisotopic (exact) mass is 359 g/mol. The zero-order chi connectivity index (χ0) is 18.6. The van der Waals surface area contributed by atoms with E-state index in [1.807, 2.05) is 0 Å². The number of alkyl halides is 3. The van der Waals surface area contributed by atoms with E-state index in [1.54, 1.807) is 0 Å². The number of esters is 1. The predicted molar refractivity (Wildman–Crippen MR) is 79.2 cm³/mol. The standard InChI is InChI=1S/C17H17F4NO3/c1-2-10-3-5-11(6-4-10)16(23)24-13-7-12(9-22)15(14(18)8-13)25-17(19,20)21/h7-8,10-11H,2-6H2,1H3. The number of hydrogen-bond acceptors (Lipinski definition) is 4. The van der Waals surface area contributed by atoms with Gasteiger partial charge in [-0.05, 0) is 31.6 Å². The van der Waals surface area contributed by atoms with Gasteiger partial charge in [0.15, 0.2) is 11.6 Å². The molecular weight excluding hydrogens is 342 g/mol. The molecule has 0 saturated heterocycles. The minimum absolute atomic E-state index is 0.314. The maximum Gasteiger partial charge on any atom is 0.573 e. The van der Waals surface area contributed by atoms with Crippen LogP contribution in [0.5, 0.6) is 11.5 Å². The summed E-state index contributed by atoms with van der Waals surface area (Å²) in [4.78, 5) is 12.1. The first-order chi connectivity index (χ1) is 11.7. The van der Waals surface area contributed by atoms with Crippen LogP contribution < -0.4 is 9.47 Å². The molecule has 0 radical (unpaired) electrons. The minimum atomic E-state index is -5.14. The van der Waals surface area contributed by atoms with Crippen molar-refractivity contribution in [2.24, 2.45) is 11.8 Å². The molecule has 0 atom stereocenters. The SMILES string of the molecule is CCC1CCC(C(=O)Oc2cc(F)c(OC(F)(F)F)c(C#N)c2)CC1. The molecule has 0 aromatic heterocycles. The number of nitrogens with zero attached hydrogens (tertiary/aromatic N) is 1. The van der Waals surface area contributed by atoms with Gasteiger partial charge in [-0.3, -0.25) is 4.79 Å². The molecule has 8 heteroatoms. The highest BCUT2D eigenvalue weighted by Gasteiger charge is 2.34. The normalized spacial score (nSPS) is 20.6. The molecule has 1 saturated carbocycles. The van der Waals surface area contributed by atoms with Gasteiger partial charge in [-0.2, -0.15) is 5.26 Å². The highest BCUT2D eigenvalue weighted by molar-refractivity contribution is 5.75. The quantitative estimate of drug-likeness (QED) is 0.443. The van der Waals surface area contributed by atoms with Crippen molar-refractivity contribution in [3.63, 3.8) is 0 Å². The van der Waals surface area contributed by atoms with Crippen molar-refractivity contribution in [2.45, 2.75) is 45.4 Å². The van der Waals surface area contributed by atoms with Gasteiger partial charge in [-0.1, -0.05) is 13.3 Å². The summed E-state index contributed by atoms with van der Waals surface area (Å²) in [6.07, 6.45) is -0.999. The zero-order valence-corrected chi connectivity index (χ0v) is 13.5. The van der Waals surface area contributed by atoms with Gasteiger partial charge in [0, 0.05) is 12.1 Å². The lowest BCUT2D eigenvalue weighted by molar-refractivity contribution is -0.275. The molecule has 0 bridgehead atoms. The third kappa shape index (κ3) is 5.08. The number of carbonyl (C=O) groups excluding carboxylic acids is 1. The maximum absolute atomic E-state index is 13.9. The van der Waals surface area contributed by atoms with Crippen molar-refractivity contribution in [2.75, 3.05) is 0 Å². The van der Waals surface area contributed by atoms with E-state index in [-0.39, 0.29) is 11.7 Å². The Morgan fingerprint density at radius 1 is 1.28 bits per heavy atom. The fourth-order valence-electron chi connectivity index (χ4n) is 2.94. The molecule has 0 heterocycles. The summed E-state index contributed by atoms with van der Waals surface area (Å²) in [5, 5.41) is 8.90. The molecule has 1 aromatic rings. The second-order valence-electron chi connectivity index (χ2n) is 5.99. The van der Waals surface area contributed by atoms with E-state index in [2.05, 4.69) is 11.7 Å². The maximum atomic E-state index is 13.9. The van der Waals surface area contributed by atoms with Gasteiger partial charge >= 0.3 is 12.3 Å². The molecule has 136 valence electrons. The number of benzene rings is 1. The van der Waals surface area contributed by atoms with Crippen molar-refractivity contribution in [3.8, 4) is 17.6 Å². The van der Waals surface area contributed by atoms with Crippen molar-refractivity contribution >= 4 is 5.97 Å². The van der Waals surface area contributed by atoms with Crippen LogP contribution in [0.1, 0.15) is 44.6 Å². The predicted octanol–water partition coefficient (Wildman–Crippen LogP) is 4.72. The molecule has 25 heavy (non-hydrogen) atoms. The van der Waals surface area contributed by atoms with Crippen LogP contribution in [0.15, 0.2) is 12.1 Å². The zero-order valence-electron chi connectivity index (χ0n) is 13.5. The Morgan fingerprint density at radius 3 is 2.44 bits per heavy atom. The fourth-order valence-corrected chi connectivity index (χ4v) is 2.94. The number of nitriles is 1. The molecule has 1 aliphatic rings. The Hall–Kier alpha value is -2.30. The van der Waals surface area contributed by atoms with Gasteiger partial charge in [0.1, 0.15) is 17.4 Å². The van der Waals surface area contributed by atoms with Crippen LogP contribution in [-0.4, -0.2) is 12.3 Å². The van der Waals surface area contributed by atoms with E-state index in [9.17, 15) is 22.4 Å². The first-order valence-corrected chi connectivity index (χ1v) is 7.94. The number of halogens is 4. The fraction of sp³-hybridized carbons (Fsp3) is 0.529. The average Bonchev–Trinajstić information content (AvgIpc) is 2.56. The van der Waals surface area contributed by atoms with E-state index in [1.165, 1.54) is 6.07 Å². The Morgan fingerprint density at radius 2 is 1.92 bits per heavy atom. The van der Waals surface area contributed by atoms with Crippen molar-refractivity contribution < 1.29 is 31.8 Å². The topological polar surface area (TPSA) is 59.3 Å². The third-order valence-electron chi connectivity index (χ3n) is 4.33. The number of ether oxygens (including phenoxy) is 2. The number of rotatable bonds is 4. The highest BCUT2D eigenvalue weighted by Crippen LogP contribution is 2.34. The summed E-state index contributed by atoms with van der Waals surface area (Å²) in [5.41, 5.74) is -0.699. The van der Waals surface area contributed by atoms with Crippen LogP contribution in [-0.2, 0) is 4.79 Å². The largest absolute Gasteiger partial charge is 0.573 e. The van der Waals surface area contributed by atoms with Gasteiger partial charge in [0.05, 0.1) is 5.92 Å². The van der Waals surface area contributed by atoms with E-state index < -0.39 is 29.5 Å². The Labute approximate surface area is 142 Å². The van der Waals surface area contributed by atoms with Crippen LogP contribution in [0, 0.1) is 29.0 Å². The molecule has 2 rings (SSSR count). The Kier molecular flexibility index (Phi) is 5.88. The highest BCUT2D eigenvalue weighted by atomic mass is 19.4. The lowest BCUT2D eigenvalue weighted by Crippen LogP contribution is -2.25. The number of carbonyl (C=O) groups is 1. The van der Waals surface area contributed by atoms with Gasteiger partial charge in [0.25, 0.3) is 0 Å². The first kappa shape index (κ1) is 19.0. The van der Waals surface area contributed by atoms with Crippen molar-refractivity contribution in [1.29, 1.82) is 5.26 Å². The lowest BCUT2D eigenvalue weighted by atomic mass is 9.81. The van der Waals surface area contributed by atoms with Crippen LogP contribution in [0.3, 0.4) is 0 Å². The minimum Gasteiger partial charge on any atom is -0.426 e. The van der Waals surface area contributed by atoms with E-state index in [0.29, 0.717) is 24.8 Å². The summed E-state index contributed by atoms with van der Waals surface area (Å²) in [5.74, 6) is -3.30. The molecule has 1 fully saturated rings. The van der Waals surface area contributed by atoms with E-state index in [0.717, 1.165) is 25.3 Å².